The number of carbonyl (C=O) groups excluding carboxylic acids is 1. The van der Waals surface area contributed by atoms with E-state index in [1.807, 2.05) is 17.4 Å². The van der Waals surface area contributed by atoms with Crippen molar-refractivity contribution in [2.45, 2.75) is 57.2 Å². The Kier molecular flexibility index (Phi) is 8.75. The highest BCUT2D eigenvalue weighted by Gasteiger charge is 2.38. The van der Waals surface area contributed by atoms with Crippen LogP contribution in [-0.4, -0.2) is 57.3 Å². The van der Waals surface area contributed by atoms with Crippen molar-refractivity contribution in [3.05, 3.63) is 82.5 Å². The summed E-state index contributed by atoms with van der Waals surface area (Å²) in [5, 5.41) is 2.23. The third-order valence-corrected chi connectivity index (χ3v) is 8.26. The maximum absolute atomic E-state index is 14.1. The number of ether oxygens (including phenoxy) is 2. The quantitative estimate of drug-likeness (QED) is 0.213. The number of imidazole rings is 1. The van der Waals surface area contributed by atoms with Crippen molar-refractivity contribution in [1.82, 2.24) is 19.4 Å². The number of piperidine rings is 1. The summed E-state index contributed by atoms with van der Waals surface area (Å²) in [5.74, 6) is -1.01. The fourth-order valence-corrected chi connectivity index (χ4v) is 5.69. The van der Waals surface area contributed by atoms with Gasteiger partial charge < -0.3 is 19.4 Å². The van der Waals surface area contributed by atoms with Gasteiger partial charge in [0.2, 0.25) is 5.88 Å². The lowest BCUT2D eigenvalue weighted by Crippen LogP contribution is -2.35. The number of rotatable bonds is 9. The molecule has 0 aliphatic carbocycles. The summed E-state index contributed by atoms with van der Waals surface area (Å²) in [7, 11) is 0. The highest BCUT2D eigenvalue weighted by Crippen LogP contribution is 2.30. The van der Waals surface area contributed by atoms with Crippen LogP contribution in [0.5, 0.6) is 5.88 Å². The number of carbonyl (C=O) groups is 1. The van der Waals surface area contributed by atoms with Crippen molar-refractivity contribution in [2.75, 3.05) is 25.0 Å². The van der Waals surface area contributed by atoms with Crippen LogP contribution in [0, 0.1) is 5.82 Å². The number of pyridine rings is 1. The first-order chi connectivity index (χ1) is 21.1. The van der Waals surface area contributed by atoms with Gasteiger partial charge in [-0.2, -0.15) is 13.2 Å². The van der Waals surface area contributed by atoms with Gasteiger partial charge in [-0.1, -0.05) is 23.7 Å². The molecule has 8 nitrogen and oxygen atoms in total. The molecule has 2 saturated heterocycles. The monoisotopic (exact) mass is 631 g/mol. The predicted molar refractivity (Wildman–Crippen MR) is 156 cm³/mol. The number of hydrogen-bond acceptors (Lipinski definition) is 6. The number of alkyl halides is 3. The molecule has 4 aromatic rings. The van der Waals surface area contributed by atoms with E-state index >= 15 is 0 Å². The summed E-state index contributed by atoms with van der Waals surface area (Å²) < 4.78 is 65.9. The van der Waals surface area contributed by atoms with Crippen LogP contribution in [0.4, 0.5) is 23.2 Å². The highest BCUT2D eigenvalue weighted by atomic mass is 35.5. The molecule has 0 spiro atoms. The van der Waals surface area contributed by atoms with Crippen molar-refractivity contribution >= 4 is 34.2 Å². The zero-order valence-corrected chi connectivity index (χ0v) is 24.4. The fourth-order valence-electron chi connectivity index (χ4n) is 5.53. The fraction of sp³-hybridized carbons (Fsp3) is 0.387. The van der Waals surface area contributed by atoms with Crippen LogP contribution in [-0.2, 0) is 29.2 Å². The Hall–Kier alpha value is -3.74. The molecule has 1 atom stereocenters. The molecular weight excluding hydrogens is 602 g/mol. The van der Waals surface area contributed by atoms with E-state index in [0.717, 1.165) is 49.4 Å². The van der Waals surface area contributed by atoms with Crippen LogP contribution in [0.2, 0.25) is 5.02 Å². The van der Waals surface area contributed by atoms with Gasteiger partial charge in [0, 0.05) is 40.6 Å². The average Bonchev–Trinajstić information content (AvgIpc) is 3.30. The number of benzene rings is 2. The van der Waals surface area contributed by atoms with E-state index in [2.05, 4.69) is 14.5 Å². The van der Waals surface area contributed by atoms with Gasteiger partial charge in [0.25, 0.3) is 0 Å². The van der Waals surface area contributed by atoms with Gasteiger partial charge in [0.05, 0.1) is 30.2 Å². The maximum Gasteiger partial charge on any atom is 0.471 e. The third-order valence-electron chi connectivity index (χ3n) is 8.03. The van der Waals surface area contributed by atoms with E-state index in [4.69, 9.17) is 26.1 Å². The van der Waals surface area contributed by atoms with Gasteiger partial charge in [0.15, 0.2) is 0 Å². The summed E-state index contributed by atoms with van der Waals surface area (Å²) in [5.41, 5.74) is 2.63. The predicted octanol–water partition coefficient (Wildman–Crippen LogP) is 6.47. The van der Waals surface area contributed by atoms with E-state index in [-0.39, 0.29) is 24.3 Å². The van der Waals surface area contributed by atoms with Crippen LogP contribution in [0.15, 0.2) is 54.6 Å². The van der Waals surface area contributed by atoms with Crippen LogP contribution in [0.3, 0.4) is 0 Å². The van der Waals surface area contributed by atoms with Crippen molar-refractivity contribution in [1.29, 1.82) is 0 Å². The molecule has 0 bridgehead atoms. The maximum atomic E-state index is 14.1. The van der Waals surface area contributed by atoms with Crippen molar-refractivity contribution in [3.63, 3.8) is 0 Å². The molecule has 232 valence electrons. The van der Waals surface area contributed by atoms with Crippen LogP contribution in [0.25, 0.3) is 11.0 Å². The first kappa shape index (κ1) is 30.3. The first-order valence-corrected chi connectivity index (χ1v) is 14.7. The molecule has 6 rings (SSSR count). The summed E-state index contributed by atoms with van der Waals surface area (Å²) in [6, 6.07) is 14.7. The van der Waals surface area contributed by atoms with Gasteiger partial charge in [-0.15, -0.1) is 0 Å². The smallest absolute Gasteiger partial charge is 0.471 e. The topological polar surface area (TPSA) is 81.5 Å². The number of anilines is 1. The number of nitrogens with zero attached hydrogens (tertiary/aromatic N) is 4. The van der Waals surface area contributed by atoms with Crippen LogP contribution >= 0.6 is 11.6 Å². The van der Waals surface area contributed by atoms with Crippen molar-refractivity contribution in [3.8, 4) is 5.88 Å². The van der Waals surface area contributed by atoms with Crippen molar-refractivity contribution < 1.29 is 31.8 Å². The van der Waals surface area contributed by atoms with Gasteiger partial charge in [-0.05, 0) is 68.8 Å². The Balaban J connectivity index is 1.11. The molecule has 1 N–H and O–H groups in total. The Bertz CT molecular complexity index is 1650. The summed E-state index contributed by atoms with van der Waals surface area (Å²) in [4.78, 5) is 23.2. The Labute approximate surface area is 255 Å². The van der Waals surface area contributed by atoms with Gasteiger partial charge >= 0.3 is 12.1 Å². The zero-order valence-electron chi connectivity index (χ0n) is 23.6. The second kappa shape index (κ2) is 12.7. The number of hydrogen-bond donors (Lipinski definition) is 1. The molecule has 44 heavy (non-hydrogen) atoms. The normalized spacial score (nSPS) is 17.9. The highest BCUT2D eigenvalue weighted by molar-refractivity contribution is 6.30. The molecular formula is C31H30ClF4N5O3. The molecule has 0 saturated carbocycles. The molecule has 1 amide bonds. The molecule has 0 unspecified atom stereocenters. The number of halogens is 5. The third kappa shape index (κ3) is 6.98. The standard InChI is InChI=1S/C31H30ClF4N5O3/c32-21-5-4-20(24(33)14-21)18-44-29-3-1-2-25(39-29)19-8-11-40(12-9-19)17-28-38-26-15-22(37-30(42)31(34,35)36)6-7-27(26)41(28)16-23-10-13-43-23/h1-7,14-15,19,23H,8-13,16-18H2,(H,37,42)/t23-/m0/s1. The molecule has 4 heterocycles. The second-order valence-electron chi connectivity index (χ2n) is 11.1. The van der Waals surface area contributed by atoms with E-state index in [9.17, 15) is 22.4 Å². The Morgan fingerprint density at radius 1 is 1.07 bits per heavy atom. The molecule has 2 aromatic carbocycles. The second-order valence-corrected chi connectivity index (χ2v) is 11.5. The number of aromatic nitrogens is 3. The molecule has 2 fully saturated rings. The van der Waals surface area contributed by atoms with Crippen molar-refractivity contribution in [2.24, 2.45) is 0 Å². The SMILES string of the molecule is O=C(Nc1ccc2c(c1)nc(CN1CCC(c3cccc(OCc4ccc(Cl)cc4F)n3)CC1)n2C[C@@H]1CCO1)C(F)(F)F. The summed E-state index contributed by atoms with van der Waals surface area (Å²) in [6.07, 6.45) is -2.27. The molecule has 2 aliphatic rings. The lowest BCUT2D eigenvalue weighted by atomic mass is 9.93. The van der Waals surface area contributed by atoms with E-state index in [0.29, 0.717) is 41.7 Å². The molecule has 2 aromatic heterocycles. The molecule has 2 aliphatic heterocycles. The van der Waals surface area contributed by atoms with Gasteiger partial charge in [-0.25, -0.2) is 14.4 Å². The van der Waals surface area contributed by atoms with E-state index < -0.39 is 17.9 Å². The number of likely N-dealkylation sites (tertiary alicyclic amines) is 1. The first-order valence-electron chi connectivity index (χ1n) is 14.4. The van der Waals surface area contributed by atoms with E-state index in [1.54, 1.807) is 24.3 Å². The van der Waals surface area contributed by atoms with Gasteiger partial charge in [0.1, 0.15) is 18.2 Å². The Morgan fingerprint density at radius 2 is 1.86 bits per heavy atom. The Morgan fingerprint density at radius 3 is 2.57 bits per heavy atom. The minimum atomic E-state index is -4.98. The van der Waals surface area contributed by atoms with Gasteiger partial charge in [-0.3, -0.25) is 9.69 Å². The number of amides is 1. The largest absolute Gasteiger partial charge is 0.473 e. The lowest BCUT2D eigenvalue weighted by Gasteiger charge is -2.32. The number of nitrogens with one attached hydrogen (secondary N) is 1. The number of fused-ring (bicyclic) bond motifs is 1. The summed E-state index contributed by atoms with van der Waals surface area (Å²) >= 11 is 5.83. The van der Waals surface area contributed by atoms with Crippen LogP contribution in [0.1, 0.15) is 42.3 Å². The zero-order chi connectivity index (χ0) is 30.8. The summed E-state index contributed by atoms with van der Waals surface area (Å²) in [6.45, 7) is 3.48. The molecule has 0 radical (unpaired) electrons. The van der Waals surface area contributed by atoms with Crippen LogP contribution < -0.4 is 10.1 Å². The lowest BCUT2D eigenvalue weighted by molar-refractivity contribution is -0.167. The molecule has 13 heteroatoms. The minimum absolute atomic E-state index is 0.0359. The van der Waals surface area contributed by atoms with E-state index in [1.165, 1.54) is 18.2 Å². The average molecular weight is 632 g/mol. The minimum Gasteiger partial charge on any atom is -0.473 e.